The van der Waals surface area contributed by atoms with Crippen molar-refractivity contribution in [2.75, 3.05) is 7.11 Å². The fourth-order valence-corrected chi connectivity index (χ4v) is 1.78. The maximum Gasteiger partial charge on any atom is 0.471 e. The molecule has 0 bridgehead atoms. The van der Waals surface area contributed by atoms with Crippen molar-refractivity contribution in [2.45, 2.75) is 26.6 Å². The van der Waals surface area contributed by atoms with Crippen LogP contribution in [0.1, 0.15) is 25.3 Å². The summed E-state index contributed by atoms with van der Waals surface area (Å²) in [6.07, 6.45) is -3.31. The van der Waals surface area contributed by atoms with Gasteiger partial charge in [-0.25, -0.2) is 5.06 Å². The molecule has 0 aliphatic rings. The highest BCUT2D eigenvalue weighted by molar-refractivity contribution is 5.77. The monoisotopic (exact) mass is 344 g/mol. The van der Waals surface area contributed by atoms with Gasteiger partial charge in [-0.15, -0.1) is 0 Å². The average Bonchev–Trinajstić information content (AvgIpc) is 3.02. The van der Waals surface area contributed by atoms with Crippen LogP contribution in [0.15, 0.2) is 22.9 Å². The van der Waals surface area contributed by atoms with E-state index in [2.05, 4.69) is 19.6 Å². The minimum Gasteiger partial charge on any atom is -0.329 e. The Labute approximate surface area is 135 Å². The van der Waals surface area contributed by atoms with Crippen LogP contribution in [0, 0.1) is 5.92 Å². The molecule has 0 aromatic carbocycles. The predicted molar refractivity (Wildman–Crippen MR) is 74.9 cm³/mol. The molecule has 2 heterocycles. The van der Waals surface area contributed by atoms with E-state index in [1.165, 1.54) is 24.4 Å². The van der Waals surface area contributed by atoms with Crippen LogP contribution in [0.2, 0.25) is 0 Å². The summed E-state index contributed by atoms with van der Waals surface area (Å²) in [7, 11) is 1.38. The van der Waals surface area contributed by atoms with E-state index in [1.807, 2.05) is 0 Å². The van der Waals surface area contributed by atoms with Crippen molar-refractivity contribution >= 4 is 5.91 Å². The van der Waals surface area contributed by atoms with Gasteiger partial charge < -0.3 is 4.52 Å². The summed E-state index contributed by atoms with van der Waals surface area (Å²) in [6.45, 7) is 3.63. The Morgan fingerprint density at radius 1 is 1.38 bits per heavy atom. The molecular weight excluding hydrogens is 329 g/mol. The van der Waals surface area contributed by atoms with E-state index in [1.54, 1.807) is 19.9 Å². The Kier molecular flexibility index (Phi) is 5.17. The molecule has 0 spiro atoms. The van der Waals surface area contributed by atoms with Crippen LogP contribution >= 0.6 is 0 Å². The van der Waals surface area contributed by atoms with Gasteiger partial charge in [-0.05, 0) is 11.6 Å². The molecule has 0 unspecified atom stereocenters. The Hall–Kier alpha value is -2.49. The van der Waals surface area contributed by atoms with Crippen molar-refractivity contribution in [2.24, 2.45) is 5.92 Å². The fourth-order valence-electron chi connectivity index (χ4n) is 1.78. The highest BCUT2D eigenvalue weighted by Crippen LogP contribution is 2.28. The Morgan fingerprint density at radius 3 is 2.54 bits per heavy atom. The van der Waals surface area contributed by atoms with Crippen LogP contribution in [0.5, 0.6) is 0 Å². The van der Waals surface area contributed by atoms with Crippen molar-refractivity contribution in [1.29, 1.82) is 0 Å². The van der Waals surface area contributed by atoms with Gasteiger partial charge in [0.05, 0.1) is 13.7 Å². The Bertz CT molecular complexity index is 698. The summed E-state index contributed by atoms with van der Waals surface area (Å²) in [4.78, 5) is 24.2. The summed E-state index contributed by atoms with van der Waals surface area (Å²) < 4.78 is 41.5. The summed E-state index contributed by atoms with van der Waals surface area (Å²) in [5, 5.41) is 4.43. The van der Waals surface area contributed by atoms with E-state index in [9.17, 15) is 18.0 Å². The van der Waals surface area contributed by atoms with Gasteiger partial charge in [0.2, 0.25) is 11.7 Å². The van der Waals surface area contributed by atoms with Crippen molar-refractivity contribution in [3.63, 3.8) is 0 Å². The molecule has 0 radical (unpaired) electrons. The molecule has 130 valence electrons. The number of hydroxylamine groups is 2. The van der Waals surface area contributed by atoms with Gasteiger partial charge >= 0.3 is 12.1 Å². The number of aromatic nitrogens is 3. The molecular formula is C14H15F3N4O3. The summed E-state index contributed by atoms with van der Waals surface area (Å²) in [5.74, 6) is -2.14. The van der Waals surface area contributed by atoms with Crippen molar-refractivity contribution in [3.8, 4) is 11.5 Å². The number of carbonyl (C=O) groups excluding carboxylic acids is 1. The van der Waals surface area contributed by atoms with E-state index < -0.39 is 12.1 Å². The van der Waals surface area contributed by atoms with Crippen molar-refractivity contribution in [3.05, 3.63) is 29.8 Å². The van der Waals surface area contributed by atoms with Gasteiger partial charge in [0.15, 0.2) is 0 Å². The first-order chi connectivity index (χ1) is 11.2. The normalized spacial score (nSPS) is 11.8. The largest absolute Gasteiger partial charge is 0.471 e. The second-order valence-electron chi connectivity index (χ2n) is 5.18. The third kappa shape index (κ3) is 4.07. The van der Waals surface area contributed by atoms with Crippen molar-refractivity contribution < 1.29 is 27.3 Å². The van der Waals surface area contributed by atoms with Gasteiger partial charge in [0.25, 0.3) is 0 Å². The molecule has 0 atom stereocenters. The van der Waals surface area contributed by atoms with Gasteiger partial charge in [-0.1, -0.05) is 25.1 Å². The lowest BCUT2D eigenvalue weighted by Crippen LogP contribution is -2.32. The van der Waals surface area contributed by atoms with Crippen LogP contribution in [-0.2, 0) is 22.4 Å². The van der Waals surface area contributed by atoms with Crippen LogP contribution in [-0.4, -0.2) is 33.2 Å². The first-order valence-corrected chi connectivity index (χ1v) is 6.94. The van der Waals surface area contributed by atoms with Crippen LogP contribution < -0.4 is 0 Å². The lowest BCUT2D eigenvalue weighted by molar-refractivity contribution is -0.182. The van der Waals surface area contributed by atoms with Crippen LogP contribution in [0.4, 0.5) is 13.2 Å². The number of pyridine rings is 1. The quantitative estimate of drug-likeness (QED) is 0.776. The SMILES string of the molecule is CON(Cc1ccc(-c2noc(C(F)(F)F)n2)nc1)C(=O)C(C)C. The third-order valence-corrected chi connectivity index (χ3v) is 3.01. The zero-order chi connectivity index (χ0) is 17.9. The number of alkyl halides is 3. The summed E-state index contributed by atoms with van der Waals surface area (Å²) in [5.41, 5.74) is 0.756. The van der Waals surface area contributed by atoms with Gasteiger partial charge in [-0.3, -0.25) is 14.6 Å². The van der Waals surface area contributed by atoms with Crippen LogP contribution in [0.3, 0.4) is 0 Å². The van der Waals surface area contributed by atoms with E-state index in [-0.39, 0.29) is 29.9 Å². The highest BCUT2D eigenvalue weighted by Gasteiger charge is 2.38. The lowest BCUT2D eigenvalue weighted by atomic mass is 10.2. The molecule has 24 heavy (non-hydrogen) atoms. The molecule has 10 heteroatoms. The van der Waals surface area contributed by atoms with E-state index in [0.717, 1.165) is 0 Å². The molecule has 0 fully saturated rings. The molecule has 0 saturated heterocycles. The molecule has 0 N–H and O–H groups in total. The predicted octanol–water partition coefficient (Wildman–Crippen LogP) is 2.70. The number of amides is 1. The molecule has 2 rings (SSSR count). The topological polar surface area (TPSA) is 81.3 Å². The average molecular weight is 344 g/mol. The zero-order valence-corrected chi connectivity index (χ0v) is 13.2. The number of halogens is 3. The first kappa shape index (κ1) is 17.9. The number of carbonyl (C=O) groups is 1. The zero-order valence-electron chi connectivity index (χ0n) is 13.2. The summed E-state index contributed by atoms with van der Waals surface area (Å²) in [6, 6.07) is 3.03. The van der Waals surface area contributed by atoms with E-state index >= 15 is 0 Å². The third-order valence-electron chi connectivity index (χ3n) is 3.01. The fraction of sp³-hybridized carbons (Fsp3) is 0.429. The molecule has 7 nitrogen and oxygen atoms in total. The minimum absolute atomic E-state index is 0.122. The molecule has 1 amide bonds. The lowest BCUT2D eigenvalue weighted by Gasteiger charge is -2.21. The number of hydrogen-bond acceptors (Lipinski definition) is 6. The molecule has 2 aromatic rings. The second kappa shape index (κ2) is 6.95. The highest BCUT2D eigenvalue weighted by atomic mass is 19.4. The Balaban J connectivity index is 2.13. The number of nitrogens with zero attached hydrogens (tertiary/aromatic N) is 4. The summed E-state index contributed by atoms with van der Waals surface area (Å²) >= 11 is 0. The maximum absolute atomic E-state index is 12.4. The van der Waals surface area contributed by atoms with Crippen molar-refractivity contribution in [1.82, 2.24) is 20.2 Å². The molecule has 0 saturated carbocycles. The minimum atomic E-state index is -4.71. The van der Waals surface area contributed by atoms with Gasteiger partial charge in [0, 0.05) is 12.1 Å². The van der Waals surface area contributed by atoms with Gasteiger partial charge in [-0.2, -0.15) is 18.2 Å². The second-order valence-corrected chi connectivity index (χ2v) is 5.18. The number of hydrogen-bond donors (Lipinski definition) is 0. The maximum atomic E-state index is 12.4. The first-order valence-electron chi connectivity index (χ1n) is 6.94. The van der Waals surface area contributed by atoms with E-state index in [4.69, 9.17) is 4.84 Å². The van der Waals surface area contributed by atoms with Crippen LogP contribution in [0.25, 0.3) is 11.5 Å². The standard InChI is InChI=1S/C14H15F3N4O3/c1-8(2)12(22)21(23-3)7-9-4-5-10(18-6-9)11-19-13(24-20-11)14(15,16)17/h4-6,8H,7H2,1-3H3. The molecule has 2 aromatic heterocycles. The molecule has 0 aliphatic heterocycles. The Morgan fingerprint density at radius 2 is 2.08 bits per heavy atom. The molecule has 0 aliphatic carbocycles. The number of rotatable bonds is 5. The smallest absolute Gasteiger partial charge is 0.329 e. The van der Waals surface area contributed by atoms with E-state index in [0.29, 0.717) is 5.56 Å². The van der Waals surface area contributed by atoms with Gasteiger partial charge in [0.1, 0.15) is 5.69 Å².